The van der Waals surface area contributed by atoms with Crippen molar-refractivity contribution in [2.75, 3.05) is 0 Å². The molecule has 0 atom stereocenters. The van der Waals surface area contributed by atoms with Gasteiger partial charge in [-0.3, -0.25) is 10.1 Å². The van der Waals surface area contributed by atoms with E-state index in [-0.39, 0.29) is 6.07 Å². The van der Waals surface area contributed by atoms with Gasteiger partial charge in [-0.15, -0.1) is 0 Å². The largest absolute Gasteiger partial charge is 0.478 e. The van der Waals surface area contributed by atoms with Crippen LogP contribution in [0.25, 0.3) is 0 Å². The predicted molar refractivity (Wildman–Crippen MR) is 119 cm³/mol. The highest BCUT2D eigenvalue weighted by Gasteiger charge is 2.36. The van der Waals surface area contributed by atoms with E-state index in [4.69, 9.17) is 20.4 Å². The van der Waals surface area contributed by atoms with Gasteiger partial charge in [0.15, 0.2) is 11.6 Å². The molecule has 3 aromatic carbocycles. The van der Waals surface area contributed by atoms with E-state index in [1.807, 2.05) is 0 Å². The minimum atomic E-state index is -5.05. The minimum absolute atomic E-state index is 0.182. The van der Waals surface area contributed by atoms with Crippen molar-refractivity contribution >= 4 is 29.6 Å². The van der Waals surface area contributed by atoms with Gasteiger partial charge in [-0.1, -0.05) is 6.07 Å². The fourth-order valence-corrected chi connectivity index (χ4v) is 2.68. The number of halogens is 7. The second-order valence-electron chi connectivity index (χ2n) is 7.09. The molecule has 0 spiro atoms. The maximum Gasteiger partial charge on any atom is 0.419 e. The van der Waals surface area contributed by atoms with E-state index in [2.05, 4.69) is 0 Å². The van der Waals surface area contributed by atoms with Gasteiger partial charge < -0.3 is 20.4 Å². The Hall–Kier alpha value is -5.55. The third kappa shape index (κ3) is 8.73. The molecule has 18 heteroatoms. The molecule has 0 radical (unpaired) electrons. The van der Waals surface area contributed by atoms with Gasteiger partial charge in [0, 0.05) is 0 Å². The highest BCUT2D eigenvalue weighted by Crippen LogP contribution is 2.33. The van der Waals surface area contributed by atoms with Crippen molar-refractivity contribution in [2.45, 2.75) is 6.18 Å². The minimum Gasteiger partial charge on any atom is -0.478 e. The first-order chi connectivity index (χ1) is 18.8. The van der Waals surface area contributed by atoms with Gasteiger partial charge in [-0.2, -0.15) is 13.2 Å². The van der Waals surface area contributed by atoms with Crippen molar-refractivity contribution in [1.29, 1.82) is 0 Å². The van der Waals surface area contributed by atoms with Crippen molar-refractivity contribution in [3.63, 3.8) is 0 Å². The highest BCUT2D eigenvalue weighted by molar-refractivity contribution is 6.00. The maximum atomic E-state index is 12.8. The van der Waals surface area contributed by atoms with Crippen LogP contribution in [0.15, 0.2) is 48.5 Å². The Kier molecular flexibility index (Phi) is 11.0. The van der Waals surface area contributed by atoms with Crippen molar-refractivity contribution in [2.24, 2.45) is 0 Å². The average molecular weight is 595 g/mol. The Bertz CT molecular complexity index is 1490. The molecule has 0 bridgehead atoms. The first-order valence-electron chi connectivity index (χ1n) is 10.0. The molecule has 0 aliphatic rings. The molecule has 0 saturated carbocycles. The third-order valence-corrected chi connectivity index (χ3v) is 4.46. The van der Waals surface area contributed by atoms with Crippen LogP contribution < -0.4 is 0 Å². The molecule has 0 saturated heterocycles. The maximum absolute atomic E-state index is 12.8. The number of carbonyl (C=O) groups is 4. The third-order valence-electron chi connectivity index (χ3n) is 4.46. The van der Waals surface area contributed by atoms with E-state index in [0.29, 0.717) is 12.1 Å². The second kappa shape index (κ2) is 13.5. The smallest absolute Gasteiger partial charge is 0.419 e. The lowest BCUT2D eigenvalue weighted by Gasteiger charge is -2.09. The van der Waals surface area contributed by atoms with Gasteiger partial charge >= 0.3 is 30.1 Å². The molecule has 218 valence electrons. The molecule has 0 aromatic heterocycles. The number of nitro groups is 1. The van der Waals surface area contributed by atoms with Gasteiger partial charge in [-0.05, 0) is 42.5 Å². The van der Waals surface area contributed by atoms with Crippen molar-refractivity contribution in [3.8, 4) is 0 Å². The number of carboxylic acids is 4. The molecule has 0 amide bonds. The van der Waals surface area contributed by atoms with Crippen LogP contribution >= 0.6 is 0 Å². The summed E-state index contributed by atoms with van der Waals surface area (Å²) in [5.74, 6) is -12.3. The number of rotatable bonds is 5. The first-order valence-corrected chi connectivity index (χ1v) is 10.0. The van der Waals surface area contributed by atoms with E-state index in [1.54, 1.807) is 0 Å². The Labute approximate surface area is 221 Å². The predicted octanol–water partition coefficient (Wildman–Crippen LogP) is 5.34. The fourth-order valence-electron chi connectivity index (χ4n) is 2.68. The van der Waals surface area contributed by atoms with Gasteiger partial charge in [0.1, 0.15) is 22.8 Å². The molecule has 4 N–H and O–H groups in total. The Morgan fingerprint density at radius 1 is 0.659 bits per heavy atom. The monoisotopic (exact) mass is 595 g/mol. The van der Waals surface area contributed by atoms with Crippen LogP contribution in [0.3, 0.4) is 0 Å². The van der Waals surface area contributed by atoms with Gasteiger partial charge in [0.25, 0.3) is 5.69 Å². The average Bonchev–Trinajstić information content (AvgIpc) is 2.86. The van der Waals surface area contributed by atoms with Crippen LogP contribution in [0.1, 0.15) is 47.0 Å². The lowest BCUT2D eigenvalue weighted by Crippen LogP contribution is -2.12. The number of aromatic carboxylic acids is 4. The Morgan fingerprint density at radius 2 is 1.12 bits per heavy atom. The number of hydrogen-bond donors (Lipinski definition) is 4. The normalized spacial score (nSPS) is 10.3. The van der Waals surface area contributed by atoms with Crippen molar-refractivity contribution in [1.82, 2.24) is 0 Å². The Morgan fingerprint density at radius 3 is 1.49 bits per heavy atom. The van der Waals surface area contributed by atoms with E-state index < -0.39 is 91.8 Å². The molecule has 11 nitrogen and oxygen atoms in total. The molecule has 0 aliphatic heterocycles. The number of benzene rings is 3. The zero-order valence-electron chi connectivity index (χ0n) is 19.5. The van der Waals surface area contributed by atoms with E-state index >= 15 is 0 Å². The standard InChI is InChI=1S/C8H3F5O2.C8H5NO6.C7H4F2O2/c9-5-3(7(14)15)1-2-4(6(5)10)8(11,12)13;10-7(11)4-2-1-3-5(8(12)13)6(4)9(14)15;8-4-1-2-6(9)5(3-4)7(10)11/h1-2H,(H,14,15);1-3H,(H,10,11)(H,12,13);1-3H,(H,10,11). The lowest BCUT2D eigenvalue weighted by atomic mass is 10.1. The van der Waals surface area contributed by atoms with E-state index in [0.717, 1.165) is 30.3 Å². The van der Waals surface area contributed by atoms with Gasteiger partial charge in [-0.25, -0.2) is 36.7 Å². The molecular formula is C23H12F7NO10. The number of nitro benzene ring substituents is 1. The zero-order valence-corrected chi connectivity index (χ0v) is 19.5. The molecular weight excluding hydrogens is 583 g/mol. The van der Waals surface area contributed by atoms with Gasteiger partial charge in [0.2, 0.25) is 0 Å². The summed E-state index contributed by atoms with van der Waals surface area (Å²) in [5.41, 5.74) is -5.80. The number of carboxylic acid groups (broad SMARTS) is 4. The SMILES string of the molecule is O=C(O)c1cc(F)ccc1F.O=C(O)c1ccc(C(F)(F)F)c(F)c1F.O=C(O)c1cccc(C(=O)O)c1[N+](=O)[O-]. The fraction of sp³-hybridized carbons (Fsp3) is 0.0435. The molecule has 3 aromatic rings. The highest BCUT2D eigenvalue weighted by atomic mass is 19.4. The van der Waals surface area contributed by atoms with Crippen LogP contribution in [-0.2, 0) is 6.18 Å². The van der Waals surface area contributed by atoms with Crippen molar-refractivity contribution in [3.05, 3.63) is 110 Å². The summed E-state index contributed by atoms with van der Waals surface area (Å²) in [7, 11) is 0. The lowest BCUT2D eigenvalue weighted by molar-refractivity contribution is -0.385. The van der Waals surface area contributed by atoms with Crippen LogP contribution in [0.2, 0.25) is 0 Å². The number of alkyl halides is 3. The summed E-state index contributed by atoms with van der Waals surface area (Å²) in [6, 6.07) is 5.92. The quantitative estimate of drug-likeness (QED) is 0.170. The van der Waals surface area contributed by atoms with Crippen LogP contribution in [0, 0.1) is 33.4 Å². The zero-order chi connectivity index (χ0) is 31.8. The van der Waals surface area contributed by atoms with E-state index in [1.165, 1.54) is 0 Å². The molecule has 0 unspecified atom stereocenters. The number of hydrogen-bond acceptors (Lipinski definition) is 6. The summed E-state index contributed by atoms with van der Waals surface area (Å²) in [4.78, 5) is 51.1. The summed E-state index contributed by atoms with van der Waals surface area (Å²) < 4.78 is 86.3. The van der Waals surface area contributed by atoms with Crippen LogP contribution in [0.4, 0.5) is 36.4 Å². The van der Waals surface area contributed by atoms with Crippen LogP contribution in [-0.4, -0.2) is 49.2 Å². The van der Waals surface area contributed by atoms with Crippen molar-refractivity contribution < 1.29 is 75.3 Å². The van der Waals surface area contributed by atoms with E-state index in [9.17, 15) is 60.0 Å². The molecule has 0 aliphatic carbocycles. The summed E-state index contributed by atoms with van der Waals surface area (Å²) in [6.07, 6.45) is -5.05. The number of para-hydroxylation sites is 1. The second-order valence-corrected chi connectivity index (χ2v) is 7.09. The summed E-state index contributed by atoms with van der Waals surface area (Å²) in [5, 5.41) is 44.4. The van der Waals surface area contributed by atoms with Crippen LogP contribution in [0.5, 0.6) is 0 Å². The Balaban J connectivity index is 0.000000312. The molecule has 0 heterocycles. The summed E-state index contributed by atoms with van der Waals surface area (Å²) >= 11 is 0. The number of nitrogens with zero attached hydrogens (tertiary/aromatic N) is 1. The first kappa shape index (κ1) is 33.5. The topological polar surface area (TPSA) is 192 Å². The van der Waals surface area contributed by atoms with Gasteiger partial charge in [0.05, 0.1) is 21.6 Å². The molecule has 41 heavy (non-hydrogen) atoms. The summed E-state index contributed by atoms with van der Waals surface area (Å²) in [6.45, 7) is 0. The molecule has 0 fully saturated rings. The molecule has 3 rings (SSSR count).